The molecule has 1 aromatic heterocycles. The molecule has 7 heteroatoms. The van der Waals surface area contributed by atoms with Gasteiger partial charge in [-0.05, 0) is 37.3 Å². The largest absolute Gasteiger partial charge is 0.447 e. The second kappa shape index (κ2) is 8.42. The van der Waals surface area contributed by atoms with Crippen LogP contribution in [0, 0.1) is 0 Å². The van der Waals surface area contributed by atoms with Gasteiger partial charge in [0.05, 0.1) is 12.6 Å². The highest BCUT2D eigenvalue weighted by Crippen LogP contribution is 2.31. The zero-order chi connectivity index (χ0) is 18.6. The number of carbonyl (C=O) groups excluding carboxylic acids is 1. The summed E-state index contributed by atoms with van der Waals surface area (Å²) in [6.07, 6.45) is 5.92. The molecule has 1 aliphatic carbocycles. The van der Waals surface area contributed by atoms with Gasteiger partial charge in [0.25, 0.3) is 5.91 Å². The SMILES string of the molecule is O=C(NCC1CCCO1)c1coc(CN(Cc2ccccc2Cl)C2CC2)n1. The maximum Gasteiger partial charge on any atom is 0.273 e. The van der Waals surface area contributed by atoms with E-state index >= 15 is 0 Å². The first kappa shape index (κ1) is 18.5. The Morgan fingerprint density at radius 2 is 2.11 bits per heavy atom. The third-order valence-electron chi connectivity index (χ3n) is 5.03. The van der Waals surface area contributed by atoms with Gasteiger partial charge >= 0.3 is 0 Å². The third-order valence-corrected chi connectivity index (χ3v) is 5.40. The van der Waals surface area contributed by atoms with Crippen LogP contribution in [0.3, 0.4) is 0 Å². The second-order valence-electron chi connectivity index (χ2n) is 7.20. The Kier molecular flexibility index (Phi) is 5.76. The zero-order valence-electron chi connectivity index (χ0n) is 15.2. The Hall–Kier alpha value is -1.89. The van der Waals surface area contributed by atoms with E-state index < -0.39 is 0 Å². The van der Waals surface area contributed by atoms with Crippen LogP contribution in [0.1, 0.15) is 47.6 Å². The predicted octanol–water partition coefficient (Wildman–Crippen LogP) is 3.40. The highest BCUT2D eigenvalue weighted by atomic mass is 35.5. The molecule has 6 nitrogen and oxygen atoms in total. The van der Waals surface area contributed by atoms with Crippen LogP contribution in [-0.2, 0) is 17.8 Å². The molecule has 1 aromatic carbocycles. The van der Waals surface area contributed by atoms with Crippen molar-refractivity contribution in [2.24, 2.45) is 0 Å². The van der Waals surface area contributed by atoms with Crippen molar-refractivity contribution in [1.82, 2.24) is 15.2 Å². The molecule has 1 unspecified atom stereocenters. The standard InChI is InChI=1S/C20H24ClN3O3/c21-17-6-2-1-4-14(17)11-24(15-7-8-15)12-19-23-18(13-27-19)20(25)22-10-16-5-3-9-26-16/h1-2,4,6,13,15-16H,3,5,7-12H2,(H,22,25). The number of halogens is 1. The van der Waals surface area contributed by atoms with Crippen molar-refractivity contribution >= 4 is 17.5 Å². The summed E-state index contributed by atoms with van der Waals surface area (Å²) in [5.74, 6) is 0.334. The van der Waals surface area contributed by atoms with Crippen molar-refractivity contribution in [3.63, 3.8) is 0 Å². The van der Waals surface area contributed by atoms with E-state index in [1.807, 2.05) is 24.3 Å². The van der Waals surface area contributed by atoms with E-state index in [1.165, 1.54) is 19.1 Å². The van der Waals surface area contributed by atoms with E-state index in [0.29, 0.717) is 30.7 Å². The minimum atomic E-state index is -0.218. The zero-order valence-corrected chi connectivity index (χ0v) is 16.0. The second-order valence-corrected chi connectivity index (χ2v) is 7.61. The first-order valence-electron chi connectivity index (χ1n) is 9.50. The van der Waals surface area contributed by atoms with Gasteiger partial charge in [-0.2, -0.15) is 0 Å². The molecule has 0 radical (unpaired) electrons. The lowest BCUT2D eigenvalue weighted by Crippen LogP contribution is -2.32. The van der Waals surface area contributed by atoms with Crippen LogP contribution in [0.5, 0.6) is 0 Å². The van der Waals surface area contributed by atoms with Crippen molar-refractivity contribution in [3.8, 4) is 0 Å². The Balaban J connectivity index is 1.35. The minimum Gasteiger partial charge on any atom is -0.447 e. The van der Waals surface area contributed by atoms with Crippen molar-refractivity contribution in [1.29, 1.82) is 0 Å². The lowest BCUT2D eigenvalue weighted by atomic mass is 10.2. The lowest BCUT2D eigenvalue weighted by Gasteiger charge is -2.20. The summed E-state index contributed by atoms with van der Waals surface area (Å²) in [6.45, 7) is 2.60. The van der Waals surface area contributed by atoms with E-state index in [9.17, 15) is 4.79 Å². The average Bonchev–Trinajstić information content (AvgIpc) is 3.18. The predicted molar refractivity (Wildman–Crippen MR) is 102 cm³/mol. The molecule has 2 heterocycles. The van der Waals surface area contributed by atoms with Crippen LogP contribution in [0.4, 0.5) is 0 Å². The van der Waals surface area contributed by atoms with Gasteiger partial charge in [-0.25, -0.2) is 4.98 Å². The van der Waals surface area contributed by atoms with Gasteiger partial charge in [0.1, 0.15) is 6.26 Å². The van der Waals surface area contributed by atoms with Gasteiger partial charge in [-0.3, -0.25) is 9.69 Å². The number of aromatic nitrogens is 1. The molecule has 27 heavy (non-hydrogen) atoms. The van der Waals surface area contributed by atoms with Crippen LogP contribution in [0.25, 0.3) is 0 Å². The Bertz CT molecular complexity index is 784. The van der Waals surface area contributed by atoms with Gasteiger partial charge in [0.15, 0.2) is 5.69 Å². The van der Waals surface area contributed by atoms with Crippen molar-refractivity contribution in [3.05, 3.63) is 52.7 Å². The molecule has 1 saturated heterocycles. The van der Waals surface area contributed by atoms with Gasteiger partial charge < -0.3 is 14.5 Å². The van der Waals surface area contributed by atoms with Gasteiger partial charge in [-0.1, -0.05) is 29.8 Å². The van der Waals surface area contributed by atoms with Crippen molar-refractivity contribution < 1.29 is 13.9 Å². The van der Waals surface area contributed by atoms with Gasteiger partial charge in [0, 0.05) is 30.8 Å². The van der Waals surface area contributed by atoms with Crippen LogP contribution in [0.15, 0.2) is 34.9 Å². The summed E-state index contributed by atoms with van der Waals surface area (Å²) in [6, 6.07) is 8.39. The maximum absolute atomic E-state index is 12.3. The summed E-state index contributed by atoms with van der Waals surface area (Å²) < 4.78 is 11.1. The molecule has 1 atom stereocenters. The Morgan fingerprint density at radius 1 is 1.26 bits per heavy atom. The molecule has 1 amide bonds. The maximum atomic E-state index is 12.3. The molecule has 1 saturated carbocycles. The minimum absolute atomic E-state index is 0.112. The number of hydrogen-bond acceptors (Lipinski definition) is 5. The molecule has 4 rings (SSSR count). The molecule has 0 spiro atoms. The first-order chi connectivity index (χ1) is 13.2. The summed E-state index contributed by atoms with van der Waals surface area (Å²) in [4.78, 5) is 18.9. The normalized spacial score (nSPS) is 19.6. The molecule has 2 aromatic rings. The van der Waals surface area contributed by atoms with E-state index in [4.69, 9.17) is 20.8 Å². The topological polar surface area (TPSA) is 67.6 Å². The van der Waals surface area contributed by atoms with E-state index in [2.05, 4.69) is 15.2 Å². The Morgan fingerprint density at radius 3 is 2.85 bits per heavy atom. The molecule has 2 aliphatic rings. The van der Waals surface area contributed by atoms with Gasteiger partial charge in [-0.15, -0.1) is 0 Å². The number of nitrogens with one attached hydrogen (secondary N) is 1. The average molecular weight is 390 g/mol. The number of oxazole rings is 1. The molecular formula is C20H24ClN3O3. The fourth-order valence-corrected chi connectivity index (χ4v) is 3.56. The first-order valence-corrected chi connectivity index (χ1v) is 9.88. The molecule has 144 valence electrons. The van der Waals surface area contributed by atoms with E-state index in [-0.39, 0.29) is 12.0 Å². The fraction of sp³-hybridized carbons (Fsp3) is 0.500. The molecule has 1 aliphatic heterocycles. The van der Waals surface area contributed by atoms with Gasteiger partial charge in [0.2, 0.25) is 5.89 Å². The Labute approximate surface area is 163 Å². The molecule has 0 bridgehead atoms. The summed E-state index contributed by atoms with van der Waals surface area (Å²) in [7, 11) is 0. The molecule has 2 fully saturated rings. The van der Waals surface area contributed by atoms with Crippen LogP contribution >= 0.6 is 11.6 Å². The highest BCUT2D eigenvalue weighted by molar-refractivity contribution is 6.31. The number of carbonyl (C=O) groups is 1. The van der Waals surface area contributed by atoms with E-state index in [0.717, 1.165) is 36.6 Å². The smallest absolute Gasteiger partial charge is 0.273 e. The fourth-order valence-electron chi connectivity index (χ4n) is 3.36. The quantitative estimate of drug-likeness (QED) is 0.749. The lowest BCUT2D eigenvalue weighted by molar-refractivity contribution is 0.0853. The van der Waals surface area contributed by atoms with Crippen molar-refractivity contribution in [2.45, 2.75) is 50.9 Å². The number of amides is 1. The monoisotopic (exact) mass is 389 g/mol. The van der Waals surface area contributed by atoms with Crippen LogP contribution < -0.4 is 5.32 Å². The van der Waals surface area contributed by atoms with E-state index in [1.54, 1.807) is 0 Å². The molecular weight excluding hydrogens is 366 g/mol. The number of rotatable bonds is 8. The number of hydrogen-bond donors (Lipinski definition) is 1. The summed E-state index contributed by atoms with van der Waals surface area (Å²) in [5, 5.41) is 3.64. The third kappa shape index (κ3) is 4.89. The van der Waals surface area contributed by atoms with Crippen LogP contribution in [0.2, 0.25) is 5.02 Å². The molecule has 1 N–H and O–H groups in total. The number of benzene rings is 1. The highest BCUT2D eigenvalue weighted by Gasteiger charge is 2.30. The van der Waals surface area contributed by atoms with Crippen LogP contribution in [-0.4, -0.2) is 41.1 Å². The summed E-state index contributed by atoms with van der Waals surface area (Å²) in [5.41, 5.74) is 1.41. The van der Waals surface area contributed by atoms with Crippen molar-refractivity contribution in [2.75, 3.05) is 13.2 Å². The summed E-state index contributed by atoms with van der Waals surface area (Å²) >= 11 is 6.30. The number of nitrogens with zero attached hydrogens (tertiary/aromatic N) is 2. The number of ether oxygens (including phenoxy) is 1.